The van der Waals surface area contributed by atoms with Gasteiger partial charge in [0.2, 0.25) is 0 Å². The summed E-state index contributed by atoms with van der Waals surface area (Å²) in [7, 11) is 0. The van der Waals surface area contributed by atoms with Crippen LogP contribution in [0.4, 0.5) is 5.69 Å². The summed E-state index contributed by atoms with van der Waals surface area (Å²) >= 11 is 11.7. The summed E-state index contributed by atoms with van der Waals surface area (Å²) < 4.78 is 4.92. The van der Waals surface area contributed by atoms with E-state index in [2.05, 4.69) is 5.32 Å². The molecule has 0 aromatic heterocycles. The first kappa shape index (κ1) is 16.3. The number of nitrogens with one attached hydrogen (secondary N) is 1. The van der Waals surface area contributed by atoms with E-state index >= 15 is 0 Å². The van der Waals surface area contributed by atoms with Crippen LogP contribution in [0.15, 0.2) is 48.5 Å². The summed E-state index contributed by atoms with van der Waals surface area (Å²) in [5.74, 6) is -0.907. The fourth-order valence-corrected chi connectivity index (χ4v) is 2.05. The van der Waals surface area contributed by atoms with E-state index in [9.17, 15) is 9.59 Å². The van der Waals surface area contributed by atoms with Gasteiger partial charge in [0.1, 0.15) is 0 Å². The Bertz CT molecular complexity index is 674. The zero-order chi connectivity index (χ0) is 15.9. The van der Waals surface area contributed by atoms with Crippen molar-refractivity contribution in [3.8, 4) is 0 Å². The lowest BCUT2D eigenvalue weighted by atomic mass is 10.1. The predicted octanol–water partition coefficient (Wildman–Crippen LogP) is 3.72. The summed E-state index contributed by atoms with van der Waals surface area (Å²) in [4.78, 5) is 23.3. The zero-order valence-electron chi connectivity index (χ0n) is 11.5. The SMILES string of the molecule is O=C(COC(=O)Cc1ccc(Cl)c(Cl)c1)Nc1ccccc1. The van der Waals surface area contributed by atoms with Crippen molar-refractivity contribution in [1.29, 1.82) is 0 Å². The lowest BCUT2D eigenvalue weighted by Crippen LogP contribution is -2.21. The van der Waals surface area contributed by atoms with Crippen LogP contribution in [-0.2, 0) is 20.7 Å². The summed E-state index contributed by atoms with van der Waals surface area (Å²) in [6, 6.07) is 13.8. The molecule has 114 valence electrons. The van der Waals surface area contributed by atoms with E-state index in [4.69, 9.17) is 27.9 Å². The number of carbonyl (C=O) groups is 2. The third kappa shape index (κ3) is 5.06. The second-order valence-corrected chi connectivity index (χ2v) is 5.31. The topological polar surface area (TPSA) is 55.4 Å². The first-order valence-electron chi connectivity index (χ1n) is 6.49. The molecule has 0 fully saturated rings. The van der Waals surface area contributed by atoms with Crippen LogP contribution in [0.3, 0.4) is 0 Å². The Morgan fingerprint density at radius 3 is 2.41 bits per heavy atom. The Morgan fingerprint density at radius 2 is 1.73 bits per heavy atom. The Kier molecular flexibility index (Phi) is 5.81. The van der Waals surface area contributed by atoms with Gasteiger partial charge in [-0.1, -0.05) is 47.5 Å². The molecule has 0 atom stereocenters. The normalized spacial score (nSPS) is 10.1. The second-order valence-electron chi connectivity index (χ2n) is 4.50. The zero-order valence-corrected chi connectivity index (χ0v) is 13.0. The monoisotopic (exact) mass is 337 g/mol. The van der Waals surface area contributed by atoms with Crippen molar-refractivity contribution in [2.24, 2.45) is 0 Å². The lowest BCUT2D eigenvalue weighted by Gasteiger charge is -2.07. The van der Waals surface area contributed by atoms with Crippen LogP contribution < -0.4 is 5.32 Å². The molecule has 4 nitrogen and oxygen atoms in total. The number of rotatable bonds is 5. The molecule has 0 bridgehead atoms. The van der Waals surface area contributed by atoms with Crippen molar-refractivity contribution >= 4 is 40.8 Å². The molecule has 0 aliphatic rings. The van der Waals surface area contributed by atoms with Crippen LogP contribution in [0.2, 0.25) is 10.0 Å². The second kappa shape index (κ2) is 7.82. The van der Waals surface area contributed by atoms with E-state index in [1.165, 1.54) is 0 Å². The summed E-state index contributed by atoms with van der Waals surface area (Å²) in [5.41, 5.74) is 1.32. The van der Waals surface area contributed by atoms with Gasteiger partial charge >= 0.3 is 5.97 Å². The first-order valence-corrected chi connectivity index (χ1v) is 7.24. The van der Waals surface area contributed by atoms with Gasteiger partial charge in [-0.25, -0.2) is 0 Å². The van der Waals surface area contributed by atoms with Gasteiger partial charge in [0.15, 0.2) is 6.61 Å². The fourth-order valence-electron chi connectivity index (χ4n) is 1.73. The molecular formula is C16H13Cl2NO3. The number of hydrogen-bond donors (Lipinski definition) is 1. The minimum absolute atomic E-state index is 0.0233. The Labute approximate surface area is 138 Å². The Hall–Kier alpha value is -2.04. The van der Waals surface area contributed by atoms with Crippen molar-refractivity contribution in [3.05, 3.63) is 64.1 Å². The van der Waals surface area contributed by atoms with E-state index < -0.39 is 11.9 Å². The molecule has 1 amide bonds. The van der Waals surface area contributed by atoms with Gasteiger partial charge in [-0.15, -0.1) is 0 Å². The number of anilines is 1. The van der Waals surface area contributed by atoms with Crippen molar-refractivity contribution < 1.29 is 14.3 Å². The first-order chi connectivity index (χ1) is 10.5. The lowest BCUT2D eigenvalue weighted by molar-refractivity contribution is -0.146. The van der Waals surface area contributed by atoms with Gasteiger partial charge < -0.3 is 10.1 Å². The molecule has 6 heteroatoms. The third-order valence-electron chi connectivity index (χ3n) is 2.75. The van der Waals surface area contributed by atoms with E-state index in [0.717, 1.165) is 0 Å². The number of para-hydroxylation sites is 1. The average Bonchev–Trinajstić information content (AvgIpc) is 2.50. The maximum absolute atomic E-state index is 11.7. The molecule has 2 aromatic rings. The highest BCUT2D eigenvalue weighted by Gasteiger charge is 2.10. The maximum Gasteiger partial charge on any atom is 0.310 e. The van der Waals surface area contributed by atoms with Gasteiger partial charge in [0.05, 0.1) is 16.5 Å². The number of ether oxygens (including phenoxy) is 1. The van der Waals surface area contributed by atoms with Gasteiger partial charge in [-0.2, -0.15) is 0 Å². The number of amides is 1. The van der Waals surface area contributed by atoms with Gasteiger partial charge in [-0.05, 0) is 29.8 Å². The van der Waals surface area contributed by atoms with Crippen LogP contribution in [0.1, 0.15) is 5.56 Å². The summed E-state index contributed by atoms with van der Waals surface area (Å²) in [6.07, 6.45) is 0.0233. The van der Waals surface area contributed by atoms with Gasteiger partial charge in [-0.3, -0.25) is 9.59 Å². The standard InChI is InChI=1S/C16H13Cl2NO3/c17-13-7-6-11(8-14(13)18)9-16(21)22-10-15(20)19-12-4-2-1-3-5-12/h1-8H,9-10H2,(H,19,20). The van der Waals surface area contributed by atoms with Crippen LogP contribution in [0.5, 0.6) is 0 Å². The van der Waals surface area contributed by atoms with Gasteiger partial charge in [0.25, 0.3) is 5.91 Å². The highest BCUT2D eigenvalue weighted by Crippen LogP contribution is 2.22. The number of esters is 1. The molecule has 0 radical (unpaired) electrons. The molecule has 0 unspecified atom stereocenters. The number of hydrogen-bond acceptors (Lipinski definition) is 3. The molecule has 2 aromatic carbocycles. The molecule has 0 aliphatic heterocycles. The van der Waals surface area contributed by atoms with E-state index in [1.54, 1.807) is 42.5 Å². The number of carbonyl (C=O) groups excluding carboxylic acids is 2. The molecule has 1 N–H and O–H groups in total. The molecular weight excluding hydrogens is 325 g/mol. The number of halogens is 2. The van der Waals surface area contributed by atoms with Crippen LogP contribution in [0, 0.1) is 0 Å². The highest BCUT2D eigenvalue weighted by atomic mass is 35.5. The molecule has 0 spiro atoms. The molecule has 0 heterocycles. The van der Waals surface area contributed by atoms with E-state index in [-0.39, 0.29) is 13.0 Å². The fraction of sp³-hybridized carbons (Fsp3) is 0.125. The highest BCUT2D eigenvalue weighted by molar-refractivity contribution is 6.42. The summed E-state index contributed by atoms with van der Waals surface area (Å²) in [5, 5.41) is 3.41. The average molecular weight is 338 g/mol. The minimum atomic E-state index is -0.512. The van der Waals surface area contributed by atoms with Crippen molar-refractivity contribution in [3.63, 3.8) is 0 Å². The van der Waals surface area contributed by atoms with Crippen LogP contribution >= 0.6 is 23.2 Å². The molecule has 0 saturated heterocycles. The van der Waals surface area contributed by atoms with Gasteiger partial charge in [0, 0.05) is 5.69 Å². The van der Waals surface area contributed by atoms with Crippen molar-refractivity contribution in [2.45, 2.75) is 6.42 Å². The molecule has 2 rings (SSSR count). The Balaban J connectivity index is 1.80. The Morgan fingerprint density at radius 1 is 1.00 bits per heavy atom. The van der Waals surface area contributed by atoms with Crippen LogP contribution in [-0.4, -0.2) is 18.5 Å². The van der Waals surface area contributed by atoms with Crippen molar-refractivity contribution in [1.82, 2.24) is 0 Å². The third-order valence-corrected chi connectivity index (χ3v) is 3.49. The summed E-state index contributed by atoms with van der Waals surface area (Å²) in [6.45, 7) is -0.338. The predicted molar refractivity (Wildman–Crippen MR) is 86.2 cm³/mol. The smallest absolute Gasteiger partial charge is 0.310 e. The number of benzene rings is 2. The van der Waals surface area contributed by atoms with E-state index in [1.807, 2.05) is 6.07 Å². The largest absolute Gasteiger partial charge is 0.455 e. The van der Waals surface area contributed by atoms with E-state index in [0.29, 0.717) is 21.3 Å². The minimum Gasteiger partial charge on any atom is -0.455 e. The van der Waals surface area contributed by atoms with Crippen LogP contribution in [0.25, 0.3) is 0 Å². The maximum atomic E-state index is 11.7. The molecule has 22 heavy (non-hydrogen) atoms. The molecule has 0 saturated carbocycles. The molecule has 0 aliphatic carbocycles. The van der Waals surface area contributed by atoms with Crippen molar-refractivity contribution in [2.75, 3.05) is 11.9 Å². The quantitative estimate of drug-likeness (QED) is 0.846.